The van der Waals surface area contributed by atoms with Gasteiger partial charge in [0.25, 0.3) is 30.4 Å². The standard InChI is InChI=1S/C26H19ClN6O11S3.3K/c27-15-9-22(47(42,43)44)19(31-33-26-17(29)4-2-12-6-14(46(39,40)41)8-21(35)24(12)26)10-18(15)30-32-25-16(28)3-1-11-5-13(45(36,37)38)7-20(34)23(11)25;;;/h1-10,34-35H,28-29H2,(H,36,37,38)(H,39,40,41)(H,42,43,44);;;. The number of nitrogens with two attached hydrogens (primary N) is 2. The van der Waals surface area contributed by atoms with Gasteiger partial charge in [-0.1, -0.05) is 23.7 Å². The van der Waals surface area contributed by atoms with Crippen molar-refractivity contribution < 1.29 is 49.1 Å². The van der Waals surface area contributed by atoms with Crippen molar-refractivity contribution >= 4 is 252 Å². The van der Waals surface area contributed by atoms with Gasteiger partial charge in [-0.25, -0.2) is 0 Å². The number of fused-ring (bicyclic) bond motifs is 2. The smallest absolute Gasteiger partial charge is 0.296 e. The van der Waals surface area contributed by atoms with Crippen molar-refractivity contribution in [2.75, 3.05) is 11.5 Å². The van der Waals surface area contributed by atoms with Crippen LogP contribution in [0, 0.1) is 0 Å². The average molecular weight is 840 g/mol. The van der Waals surface area contributed by atoms with E-state index in [1.165, 1.54) is 24.3 Å². The van der Waals surface area contributed by atoms with Crippen LogP contribution < -0.4 is 11.5 Å². The number of rotatable bonds is 7. The minimum absolute atomic E-state index is 0. The van der Waals surface area contributed by atoms with E-state index in [4.69, 9.17) is 23.1 Å². The van der Waals surface area contributed by atoms with Crippen molar-refractivity contribution in [1.29, 1.82) is 0 Å². The maximum Gasteiger partial charge on any atom is 0.296 e. The van der Waals surface area contributed by atoms with Gasteiger partial charge in [-0.05, 0) is 47.2 Å². The van der Waals surface area contributed by atoms with Gasteiger partial charge in [0.2, 0.25) is 0 Å². The Morgan fingerprint density at radius 2 is 0.940 bits per heavy atom. The second-order valence-electron chi connectivity index (χ2n) is 9.68. The van der Waals surface area contributed by atoms with Crippen molar-refractivity contribution in [2.24, 2.45) is 20.5 Å². The van der Waals surface area contributed by atoms with Gasteiger partial charge in [0.05, 0.1) is 37.0 Å². The molecule has 0 aliphatic carbocycles. The Hall–Kier alpha value is -0.0509. The van der Waals surface area contributed by atoms with Crippen LogP contribution in [0.25, 0.3) is 21.5 Å². The third-order valence-corrected chi connectivity index (χ3v) is 9.41. The van der Waals surface area contributed by atoms with Gasteiger partial charge in [0, 0.05) is 166 Å². The molecule has 0 aromatic heterocycles. The van der Waals surface area contributed by atoms with Crippen LogP contribution in [0.1, 0.15) is 0 Å². The Kier molecular flexibility index (Phi) is 16.2. The summed E-state index contributed by atoms with van der Waals surface area (Å²) in [6, 6.07) is 10.6. The van der Waals surface area contributed by atoms with E-state index in [2.05, 4.69) is 20.5 Å². The van der Waals surface area contributed by atoms with Crippen LogP contribution in [0.3, 0.4) is 0 Å². The van der Waals surface area contributed by atoms with E-state index in [0.717, 1.165) is 36.4 Å². The first-order valence-corrected chi connectivity index (χ1v) is 17.2. The Balaban J connectivity index is 0.00000289. The molecule has 0 amide bonds. The molecule has 0 saturated carbocycles. The molecule has 247 valence electrons. The largest absolute Gasteiger partial charge is 0.507 e. The zero-order chi connectivity index (χ0) is 34.6. The minimum Gasteiger partial charge on any atom is -0.507 e. The Labute approximate surface area is 416 Å². The van der Waals surface area contributed by atoms with Gasteiger partial charge in [-0.3, -0.25) is 13.7 Å². The zero-order valence-electron chi connectivity index (χ0n) is 26.0. The quantitative estimate of drug-likeness (QED) is 0.0509. The summed E-state index contributed by atoms with van der Waals surface area (Å²) >= 11 is 6.23. The first-order chi connectivity index (χ1) is 21.8. The van der Waals surface area contributed by atoms with E-state index in [1.54, 1.807) is 0 Å². The first kappa shape index (κ1) is 46.1. The van der Waals surface area contributed by atoms with Gasteiger partial charge in [-0.15, -0.1) is 20.5 Å². The van der Waals surface area contributed by atoms with Gasteiger partial charge in [0.15, 0.2) is 0 Å². The number of phenolic OH excluding ortho intramolecular Hbond substituents is 2. The summed E-state index contributed by atoms with van der Waals surface area (Å²) in [4.78, 5) is -2.06. The molecule has 0 bridgehead atoms. The molecule has 0 unspecified atom stereocenters. The molecule has 0 heterocycles. The van der Waals surface area contributed by atoms with Crippen molar-refractivity contribution in [2.45, 2.75) is 14.7 Å². The minimum atomic E-state index is -4.99. The second kappa shape index (κ2) is 17.6. The summed E-state index contributed by atoms with van der Waals surface area (Å²) in [5.41, 5.74) is 10.7. The van der Waals surface area contributed by atoms with E-state index in [-0.39, 0.29) is 209 Å². The third-order valence-electron chi connectivity index (χ3n) is 6.57. The van der Waals surface area contributed by atoms with Crippen LogP contribution >= 0.6 is 11.6 Å². The summed E-state index contributed by atoms with van der Waals surface area (Å²) in [7, 11) is -14.4. The van der Waals surface area contributed by atoms with Crippen LogP contribution in [0.4, 0.5) is 34.1 Å². The van der Waals surface area contributed by atoms with E-state index in [9.17, 15) is 49.1 Å². The Bertz CT molecular complexity index is 2580. The molecule has 5 aromatic carbocycles. The molecule has 0 fully saturated rings. The predicted octanol–water partition coefficient (Wildman–Crippen LogP) is 4.65. The van der Waals surface area contributed by atoms with Crippen LogP contribution in [0.5, 0.6) is 11.5 Å². The molecular formula is C26H19ClK3N6O11S3. The number of nitrogen functional groups attached to an aromatic ring is 2. The van der Waals surface area contributed by atoms with E-state index in [1.807, 2.05) is 0 Å². The topological polar surface area (TPSA) is 305 Å². The fraction of sp³-hybridized carbons (Fsp3) is 0. The second-order valence-corrected chi connectivity index (χ2v) is 14.3. The van der Waals surface area contributed by atoms with Gasteiger partial charge in [0.1, 0.15) is 39.1 Å². The molecule has 5 aromatic rings. The van der Waals surface area contributed by atoms with Crippen LogP contribution in [-0.2, 0) is 30.4 Å². The van der Waals surface area contributed by atoms with Crippen molar-refractivity contribution in [3.05, 3.63) is 65.7 Å². The predicted molar refractivity (Wildman–Crippen MR) is 187 cm³/mol. The number of phenols is 2. The molecule has 0 saturated heterocycles. The maximum atomic E-state index is 12.2. The van der Waals surface area contributed by atoms with Crippen molar-refractivity contribution in [3.8, 4) is 11.5 Å². The fourth-order valence-electron chi connectivity index (χ4n) is 4.44. The number of anilines is 2. The SMILES string of the molecule is Nc1ccc2cc(S(=O)(=O)O)cc(O)c2c1N=Nc1cc(N=Nc2c(N)ccc3cc(S(=O)(=O)O)cc(O)c23)c(S(=O)(=O)O)cc1Cl.[K].[K].[K]. The zero-order valence-corrected chi connectivity index (χ0v) is 38.6. The molecule has 0 aliphatic heterocycles. The normalized spacial score (nSPS) is 12.2. The van der Waals surface area contributed by atoms with E-state index in [0.29, 0.717) is 0 Å². The molecule has 50 heavy (non-hydrogen) atoms. The fourth-order valence-corrected chi connectivity index (χ4v) is 6.41. The molecule has 0 spiro atoms. The van der Waals surface area contributed by atoms with Crippen molar-refractivity contribution in [3.63, 3.8) is 0 Å². The van der Waals surface area contributed by atoms with Crippen molar-refractivity contribution in [1.82, 2.24) is 0 Å². The Morgan fingerprint density at radius 1 is 0.540 bits per heavy atom. The number of hydrogen-bond donors (Lipinski definition) is 7. The molecule has 0 atom stereocenters. The van der Waals surface area contributed by atoms with E-state index < -0.39 is 62.2 Å². The molecule has 5 rings (SSSR count). The number of aromatic hydroxyl groups is 2. The molecule has 3 radical (unpaired) electrons. The number of azo groups is 2. The molecule has 9 N–H and O–H groups in total. The summed E-state index contributed by atoms with van der Waals surface area (Å²) in [6.07, 6.45) is 0. The number of halogens is 1. The number of nitrogens with zero attached hydrogens (tertiary/aromatic N) is 4. The summed E-state index contributed by atoms with van der Waals surface area (Å²) in [6.45, 7) is 0. The summed E-state index contributed by atoms with van der Waals surface area (Å²) < 4.78 is 99.3. The van der Waals surface area contributed by atoms with Gasteiger partial charge in [-0.2, -0.15) is 25.3 Å². The molecule has 0 aliphatic rings. The van der Waals surface area contributed by atoms with Gasteiger partial charge < -0.3 is 21.7 Å². The maximum absolute atomic E-state index is 12.2. The third kappa shape index (κ3) is 10.2. The Morgan fingerprint density at radius 3 is 1.32 bits per heavy atom. The number of hydrogen-bond acceptors (Lipinski definition) is 14. The molecule has 24 heteroatoms. The summed E-state index contributed by atoms with van der Waals surface area (Å²) in [5.74, 6) is -1.30. The first-order valence-electron chi connectivity index (χ1n) is 12.5. The van der Waals surface area contributed by atoms with Crippen LogP contribution in [0.2, 0.25) is 5.02 Å². The molecular weight excluding hydrogens is 821 g/mol. The average Bonchev–Trinajstić information content (AvgIpc) is 2.95. The van der Waals surface area contributed by atoms with Gasteiger partial charge >= 0.3 is 0 Å². The number of benzene rings is 5. The van der Waals surface area contributed by atoms with Crippen LogP contribution in [-0.4, -0.2) is 203 Å². The summed E-state index contributed by atoms with van der Waals surface area (Å²) in [5, 5.41) is 36.5. The monoisotopic (exact) mass is 839 g/mol. The molecule has 17 nitrogen and oxygen atoms in total. The van der Waals surface area contributed by atoms with Crippen LogP contribution in [0.15, 0.2) is 95.8 Å². The van der Waals surface area contributed by atoms with E-state index >= 15 is 0 Å².